The van der Waals surface area contributed by atoms with Crippen LogP contribution in [0.5, 0.6) is 11.5 Å². The minimum Gasteiger partial charge on any atom is -0.493 e. The molecule has 0 radical (unpaired) electrons. The molecule has 0 heterocycles. The topological polar surface area (TPSA) is 59.6 Å². The maximum atomic E-state index is 11.6. The van der Waals surface area contributed by atoms with E-state index < -0.39 is 0 Å². The number of halogens is 1. The molecule has 6 heteroatoms. The van der Waals surface area contributed by atoms with Gasteiger partial charge in [-0.05, 0) is 38.8 Å². The fourth-order valence-corrected chi connectivity index (χ4v) is 2.58. The second kappa shape index (κ2) is 9.54. The Balaban J connectivity index is 0.00000242. The molecule has 22 heavy (non-hydrogen) atoms. The molecule has 0 bridgehead atoms. The van der Waals surface area contributed by atoms with E-state index in [1.165, 1.54) is 12.8 Å². The first-order valence-corrected chi connectivity index (χ1v) is 7.48. The van der Waals surface area contributed by atoms with Crippen LogP contribution in [0.1, 0.15) is 31.2 Å². The van der Waals surface area contributed by atoms with Gasteiger partial charge in [0.05, 0.1) is 19.8 Å². The summed E-state index contributed by atoms with van der Waals surface area (Å²) in [5, 5.41) is 5.71. The normalized spacial score (nSPS) is 14.3. The van der Waals surface area contributed by atoms with Crippen LogP contribution in [-0.4, -0.2) is 32.7 Å². The van der Waals surface area contributed by atoms with Crippen molar-refractivity contribution in [2.45, 2.75) is 38.3 Å². The molecule has 1 aliphatic rings. The lowest BCUT2D eigenvalue weighted by atomic mass is 10.1. The van der Waals surface area contributed by atoms with E-state index in [4.69, 9.17) is 9.47 Å². The summed E-state index contributed by atoms with van der Waals surface area (Å²) in [4.78, 5) is 11.6. The summed E-state index contributed by atoms with van der Waals surface area (Å²) in [5.41, 5.74) is 0.950. The van der Waals surface area contributed by atoms with Gasteiger partial charge < -0.3 is 20.1 Å². The largest absolute Gasteiger partial charge is 0.493 e. The maximum Gasteiger partial charge on any atom is 0.234 e. The molecule has 5 nitrogen and oxygen atoms in total. The van der Waals surface area contributed by atoms with E-state index in [2.05, 4.69) is 10.6 Å². The average Bonchev–Trinajstić information content (AvgIpc) is 2.99. The van der Waals surface area contributed by atoms with E-state index in [1.54, 1.807) is 14.2 Å². The van der Waals surface area contributed by atoms with Crippen molar-refractivity contribution < 1.29 is 14.3 Å². The Bertz CT molecular complexity index is 476. The number of hydrogen-bond acceptors (Lipinski definition) is 4. The molecule has 1 fully saturated rings. The lowest BCUT2D eigenvalue weighted by molar-refractivity contribution is -0.120. The number of hydrogen-bond donors (Lipinski definition) is 2. The molecule has 0 aromatic heterocycles. The van der Waals surface area contributed by atoms with Crippen molar-refractivity contribution in [1.82, 2.24) is 10.6 Å². The predicted octanol–water partition coefficient (Wildman–Crippen LogP) is 2.27. The number of carbonyl (C=O) groups excluding carboxylic acids is 1. The summed E-state index contributed by atoms with van der Waals surface area (Å²) in [6.45, 7) is 0.753. The molecular formula is C16H25ClN2O3. The second-order valence-corrected chi connectivity index (χ2v) is 5.28. The molecule has 1 saturated carbocycles. The Morgan fingerprint density at radius 2 is 2.05 bits per heavy atom. The Morgan fingerprint density at radius 1 is 1.32 bits per heavy atom. The fourth-order valence-electron chi connectivity index (χ4n) is 2.58. The number of methoxy groups -OCH3 is 1. The van der Waals surface area contributed by atoms with Gasteiger partial charge in [0.2, 0.25) is 5.91 Å². The van der Waals surface area contributed by atoms with Crippen LogP contribution in [0.3, 0.4) is 0 Å². The van der Waals surface area contributed by atoms with E-state index >= 15 is 0 Å². The number of carbonyl (C=O) groups is 1. The van der Waals surface area contributed by atoms with Gasteiger partial charge in [-0.2, -0.15) is 0 Å². The van der Waals surface area contributed by atoms with Crippen molar-refractivity contribution in [2.24, 2.45) is 0 Å². The number of likely N-dealkylation sites (N-methyl/N-ethyl adjacent to an activating group) is 1. The van der Waals surface area contributed by atoms with E-state index in [1.807, 2.05) is 18.2 Å². The minimum absolute atomic E-state index is 0. The van der Waals surface area contributed by atoms with Crippen LogP contribution in [-0.2, 0) is 11.3 Å². The van der Waals surface area contributed by atoms with Crippen LogP contribution in [0.2, 0.25) is 0 Å². The minimum atomic E-state index is -0.0351. The van der Waals surface area contributed by atoms with Gasteiger partial charge in [-0.3, -0.25) is 4.79 Å². The SMILES string of the molecule is CNCC(=O)NCc1cccc(OC)c1OC1CCCC1.Cl. The molecule has 0 saturated heterocycles. The van der Waals surface area contributed by atoms with Crippen LogP contribution >= 0.6 is 12.4 Å². The van der Waals surface area contributed by atoms with Crippen molar-refractivity contribution in [3.8, 4) is 11.5 Å². The Kier molecular flexibility index (Phi) is 8.06. The first-order chi connectivity index (χ1) is 10.2. The number of para-hydroxylation sites is 1. The molecule has 1 aromatic carbocycles. The molecular weight excluding hydrogens is 304 g/mol. The van der Waals surface area contributed by atoms with Crippen molar-refractivity contribution in [3.05, 3.63) is 23.8 Å². The van der Waals surface area contributed by atoms with Gasteiger partial charge in [-0.15, -0.1) is 12.4 Å². The highest BCUT2D eigenvalue weighted by molar-refractivity contribution is 5.85. The summed E-state index contributed by atoms with van der Waals surface area (Å²) in [7, 11) is 3.39. The van der Waals surface area contributed by atoms with Crippen molar-refractivity contribution in [2.75, 3.05) is 20.7 Å². The molecule has 0 spiro atoms. The molecule has 2 N–H and O–H groups in total. The number of benzene rings is 1. The highest BCUT2D eigenvalue weighted by atomic mass is 35.5. The highest BCUT2D eigenvalue weighted by Gasteiger charge is 2.20. The van der Waals surface area contributed by atoms with E-state index in [0.717, 1.165) is 29.9 Å². The number of amides is 1. The number of rotatable bonds is 7. The van der Waals surface area contributed by atoms with Gasteiger partial charge >= 0.3 is 0 Å². The van der Waals surface area contributed by atoms with E-state index in [9.17, 15) is 4.79 Å². The van der Waals surface area contributed by atoms with Crippen molar-refractivity contribution in [3.63, 3.8) is 0 Å². The third kappa shape index (κ3) is 5.07. The molecule has 0 atom stereocenters. The van der Waals surface area contributed by atoms with Gasteiger partial charge in [0.25, 0.3) is 0 Å². The molecule has 0 aliphatic heterocycles. The van der Waals surface area contributed by atoms with Crippen LogP contribution in [0.15, 0.2) is 18.2 Å². The van der Waals surface area contributed by atoms with Gasteiger partial charge in [0.1, 0.15) is 0 Å². The third-order valence-corrected chi connectivity index (χ3v) is 3.68. The summed E-state index contributed by atoms with van der Waals surface area (Å²) in [5.74, 6) is 1.45. The predicted molar refractivity (Wildman–Crippen MR) is 88.9 cm³/mol. The van der Waals surface area contributed by atoms with E-state index in [0.29, 0.717) is 13.1 Å². The zero-order valence-corrected chi connectivity index (χ0v) is 14.0. The molecule has 0 unspecified atom stereocenters. The van der Waals surface area contributed by atoms with E-state index in [-0.39, 0.29) is 24.4 Å². The highest BCUT2D eigenvalue weighted by Crippen LogP contribution is 2.34. The van der Waals surface area contributed by atoms with Crippen LogP contribution in [0, 0.1) is 0 Å². The quantitative estimate of drug-likeness (QED) is 0.806. The van der Waals surface area contributed by atoms with Crippen LogP contribution < -0.4 is 20.1 Å². The van der Waals surface area contributed by atoms with Crippen molar-refractivity contribution >= 4 is 18.3 Å². The van der Waals surface area contributed by atoms with Gasteiger partial charge in [-0.1, -0.05) is 12.1 Å². The maximum absolute atomic E-state index is 11.6. The third-order valence-electron chi connectivity index (χ3n) is 3.68. The number of ether oxygens (including phenoxy) is 2. The first-order valence-electron chi connectivity index (χ1n) is 7.48. The number of nitrogens with one attached hydrogen (secondary N) is 2. The summed E-state index contributed by atoms with van der Waals surface area (Å²) in [6.07, 6.45) is 4.86. The van der Waals surface area contributed by atoms with Crippen LogP contribution in [0.25, 0.3) is 0 Å². The summed E-state index contributed by atoms with van der Waals surface area (Å²) in [6, 6.07) is 5.77. The lowest BCUT2D eigenvalue weighted by Crippen LogP contribution is -2.31. The Morgan fingerprint density at radius 3 is 2.68 bits per heavy atom. The Hall–Kier alpha value is -1.46. The van der Waals surface area contributed by atoms with Gasteiger partial charge in [0.15, 0.2) is 11.5 Å². The first kappa shape index (κ1) is 18.6. The van der Waals surface area contributed by atoms with Gasteiger partial charge in [0, 0.05) is 12.1 Å². The molecule has 1 aliphatic carbocycles. The Labute approximate surface area is 138 Å². The standard InChI is InChI=1S/C16H24N2O3.ClH/c1-17-11-15(19)18-10-12-6-5-9-14(20-2)16(12)21-13-7-3-4-8-13;/h5-6,9,13,17H,3-4,7-8,10-11H2,1-2H3,(H,18,19);1H. The second-order valence-electron chi connectivity index (χ2n) is 5.28. The monoisotopic (exact) mass is 328 g/mol. The zero-order chi connectivity index (χ0) is 15.1. The zero-order valence-electron chi connectivity index (χ0n) is 13.2. The van der Waals surface area contributed by atoms with Gasteiger partial charge in [-0.25, -0.2) is 0 Å². The summed E-state index contributed by atoms with van der Waals surface area (Å²) >= 11 is 0. The molecule has 1 amide bonds. The van der Waals surface area contributed by atoms with Crippen LogP contribution in [0.4, 0.5) is 0 Å². The molecule has 2 rings (SSSR count). The van der Waals surface area contributed by atoms with Crippen molar-refractivity contribution in [1.29, 1.82) is 0 Å². The summed E-state index contributed by atoms with van der Waals surface area (Å²) < 4.78 is 11.5. The molecule has 124 valence electrons. The lowest BCUT2D eigenvalue weighted by Gasteiger charge is -2.19. The molecule has 1 aromatic rings. The average molecular weight is 329 g/mol. The fraction of sp³-hybridized carbons (Fsp3) is 0.562. The smallest absolute Gasteiger partial charge is 0.234 e.